The molecular formula is C52H70FN17O13. The van der Waals surface area contributed by atoms with Crippen LogP contribution >= 0.6 is 0 Å². The summed E-state index contributed by atoms with van der Waals surface area (Å²) in [6.45, 7) is 0.0401. The van der Waals surface area contributed by atoms with Crippen molar-refractivity contribution in [2.24, 2.45) is 17.2 Å². The van der Waals surface area contributed by atoms with Gasteiger partial charge in [0.05, 0.1) is 74.2 Å². The molecule has 6 unspecified atom stereocenters. The van der Waals surface area contributed by atoms with Crippen molar-refractivity contribution in [2.75, 3.05) is 43.7 Å². The molecule has 3 fully saturated rings. The standard InChI is InChI=1S/C19H22N6O4.C17H25N5O5.C16H23FN6O4/c20-11-6-7-22-17-14(11)23-9-25(17)19-15(16(27)12(8-26)29-19)24-18(28)13(21)10-4-2-1-3-5-10;1-2-3-9(19)16(26)21-13-14(25)11(7-23)27-17(13)22-6-10(24)12-8(18)4-5-20-15(12)22;17-4-1-2-9(19)15(26)22-12-13(25)10(6-24)27-16(12)23-7-21-11-8(18)3-5-20-14(11)23/h1-7,9,12-13,15-16,19,26-27H,8,21H2,(H2,20,22)(H,24,28);4-6,9,11,13-14,17,23-25H,2-3,7,19H2,1H3,(H2,18,20)(H,21,26);3,5,7,9-10,12-13,16,24-25H,1-2,4,6,19H2,(H2,18,20)(H,22,26)/t12-,13?,15?,16+,19-;9?,11-,13?,14+,17-;9?,10-,12?,13+,16-/m111/s1. The minimum atomic E-state index is -1.18. The predicted molar refractivity (Wildman–Crippen MR) is 296 cm³/mol. The van der Waals surface area contributed by atoms with Gasteiger partial charge in [-0.25, -0.2) is 24.9 Å². The number of fused-ring (bicyclic) bond motifs is 3. The second kappa shape index (κ2) is 27.1. The van der Waals surface area contributed by atoms with Crippen molar-refractivity contribution in [3.63, 3.8) is 0 Å². The van der Waals surface area contributed by atoms with Crippen LogP contribution in [0.1, 0.15) is 62.9 Å². The summed E-state index contributed by atoms with van der Waals surface area (Å²) in [5.74, 6) is -1.56. The maximum Gasteiger partial charge on any atom is 0.241 e. The number of carbonyl (C=O) groups excluding carboxylic acids is 3. The van der Waals surface area contributed by atoms with Crippen molar-refractivity contribution >= 4 is 68.1 Å². The molecule has 1 aromatic carbocycles. The molecule has 22 N–H and O–H groups in total. The molecule has 3 amide bonds. The number of halogens is 1. The van der Waals surface area contributed by atoms with E-state index in [9.17, 15) is 54.5 Å². The van der Waals surface area contributed by atoms with E-state index in [-0.39, 0.29) is 18.6 Å². The lowest BCUT2D eigenvalue weighted by Crippen LogP contribution is -2.51. The second-order valence-electron chi connectivity index (χ2n) is 20.0. The number of imidazole rings is 2. The number of pyridine rings is 3. The summed E-state index contributed by atoms with van der Waals surface area (Å²) in [5.41, 5.74) is 39.4. The van der Waals surface area contributed by atoms with Gasteiger partial charge in [0.15, 0.2) is 30.0 Å². The maximum atomic E-state index is 12.7. The van der Waals surface area contributed by atoms with Crippen LogP contribution in [0, 0.1) is 0 Å². The highest BCUT2D eigenvalue weighted by molar-refractivity contribution is 5.94. The van der Waals surface area contributed by atoms with Crippen molar-refractivity contribution in [1.29, 1.82) is 0 Å². The molecule has 0 saturated carbocycles. The number of aliphatic hydroxyl groups is 6. The average molecular weight is 1160 g/mol. The van der Waals surface area contributed by atoms with Gasteiger partial charge in [-0.05, 0) is 43.0 Å². The van der Waals surface area contributed by atoms with Crippen LogP contribution in [-0.4, -0.2) is 185 Å². The topological polar surface area (TPSA) is 492 Å². The quantitative estimate of drug-likeness (QED) is 0.0421. The molecule has 448 valence electrons. The number of rotatable bonds is 18. The Hall–Kier alpha value is -7.79. The molecule has 3 saturated heterocycles. The smallest absolute Gasteiger partial charge is 0.241 e. The fourth-order valence-electron chi connectivity index (χ4n) is 10.0. The van der Waals surface area contributed by atoms with E-state index in [1.54, 1.807) is 47.0 Å². The van der Waals surface area contributed by atoms with Crippen LogP contribution in [0.25, 0.3) is 33.4 Å². The van der Waals surface area contributed by atoms with E-state index >= 15 is 0 Å². The highest BCUT2D eigenvalue weighted by Crippen LogP contribution is 2.38. The zero-order valence-electron chi connectivity index (χ0n) is 44.9. The summed E-state index contributed by atoms with van der Waals surface area (Å²) in [4.78, 5) is 58.6. The number of hydrogen-bond donors (Lipinski definition) is 16. The number of aliphatic hydroxyl groups excluding tert-OH is 6. The van der Waals surface area contributed by atoms with Gasteiger partial charge in [0.25, 0.3) is 0 Å². The fraction of sp³-hybridized carbons (Fsp3) is 0.462. The zero-order valence-corrected chi connectivity index (χ0v) is 44.9. The lowest BCUT2D eigenvalue weighted by molar-refractivity contribution is -0.125. The Kier molecular flexibility index (Phi) is 20.0. The highest BCUT2D eigenvalue weighted by Gasteiger charge is 2.49. The summed E-state index contributed by atoms with van der Waals surface area (Å²) in [7, 11) is 0. The first kappa shape index (κ1) is 61.3. The number of alkyl halides is 1. The Labute approximate surface area is 472 Å². The second-order valence-corrected chi connectivity index (χ2v) is 20.0. The first-order valence-electron chi connectivity index (χ1n) is 26.6. The van der Waals surface area contributed by atoms with E-state index in [4.69, 9.17) is 48.6 Å². The van der Waals surface area contributed by atoms with Crippen LogP contribution in [0.3, 0.4) is 0 Å². The number of anilines is 3. The molecule has 0 aliphatic carbocycles. The lowest BCUT2D eigenvalue weighted by Gasteiger charge is -2.24. The molecule has 7 aromatic rings. The number of benzene rings is 1. The lowest BCUT2D eigenvalue weighted by atomic mass is 10.0. The number of nitrogens with two attached hydrogens (primary N) is 6. The third-order valence-electron chi connectivity index (χ3n) is 14.5. The van der Waals surface area contributed by atoms with Gasteiger partial charge in [0.2, 0.25) is 17.7 Å². The maximum absolute atomic E-state index is 12.7. The Morgan fingerprint density at radius 3 is 1.47 bits per heavy atom. The van der Waals surface area contributed by atoms with Gasteiger partial charge in [-0.2, -0.15) is 0 Å². The summed E-state index contributed by atoms with van der Waals surface area (Å²) >= 11 is 0. The molecule has 0 radical (unpaired) electrons. The minimum absolute atomic E-state index is 0.103. The number of nitrogens with one attached hydrogen (secondary N) is 3. The molecule has 6 aromatic heterocycles. The molecule has 31 heteroatoms. The van der Waals surface area contributed by atoms with Crippen LogP contribution in [0.5, 0.6) is 5.75 Å². The van der Waals surface area contributed by atoms with E-state index < -0.39 is 136 Å². The monoisotopic (exact) mass is 1160 g/mol. The molecule has 3 aliphatic heterocycles. The molecule has 10 rings (SSSR count). The molecule has 0 spiro atoms. The number of aromatic nitrogens is 8. The van der Waals surface area contributed by atoms with Gasteiger partial charge in [0, 0.05) is 24.3 Å². The van der Waals surface area contributed by atoms with Crippen LogP contribution < -0.4 is 50.4 Å². The van der Waals surface area contributed by atoms with E-state index in [2.05, 4.69) is 40.9 Å². The molecule has 30 nitrogen and oxygen atoms in total. The average Bonchev–Trinajstić information content (AvgIpc) is 2.87. The summed E-state index contributed by atoms with van der Waals surface area (Å²) in [6.07, 6.45) is 1.49. The normalized spacial score (nSPS) is 26.0. The molecule has 15 atom stereocenters. The number of amides is 3. The van der Waals surface area contributed by atoms with Crippen molar-refractivity contribution in [3.05, 3.63) is 91.5 Å². The highest BCUT2D eigenvalue weighted by atomic mass is 19.1. The van der Waals surface area contributed by atoms with Crippen LogP contribution in [0.2, 0.25) is 0 Å². The summed E-state index contributed by atoms with van der Waals surface area (Å²) < 4.78 is 34.1. The largest absolute Gasteiger partial charge is 0.506 e. The SMILES string of the molecule is CCCC(N)C(=O)NC1[C@@H](O)[C@@H](CO)O[C@H]1n1cc(O)c2c(N)ccnc21.Nc1ccnc2c1ncn2[C@@H]1O[C@H](CO)[C@H](O)C1NC(=O)C(N)CCCF.Nc1ccnc2c1ncn2[C@@H]1O[C@H](CO)[C@H](O)C1NC(=O)C(N)c1ccccc1. The molecule has 9 heterocycles. The van der Waals surface area contributed by atoms with Crippen LogP contribution in [-0.2, 0) is 28.6 Å². The Balaban J connectivity index is 0.000000163. The number of nitrogen functional groups attached to an aromatic ring is 3. The number of aromatic hydroxyl groups is 1. The van der Waals surface area contributed by atoms with Crippen molar-refractivity contribution in [2.45, 2.75) is 124 Å². The number of carbonyl (C=O) groups is 3. The third-order valence-corrected chi connectivity index (χ3v) is 14.5. The van der Waals surface area contributed by atoms with E-state index in [1.165, 1.54) is 46.6 Å². The predicted octanol–water partition coefficient (Wildman–Crippen LogP) is -2.54. The Morgan fingerprint density at radius 1 is 0.602 bits per heavy atom. The van der Waals surface area contributed by atoms with E-state index in [0.29, 0.717) is 62.4 Å². The van der Waals surface area contributed by atoms with Gasteiger partial charge < -0.3 is 100 Å². The fourth-order valence-corrected chi connectivity index (χ4v) is 10.0. The van der Waals surface area contributed by atoms with Crippen molar-refractivity contribution < 1.29 is 68.7 Å². The third kappa shape index (κ3) is 12.9. The van der Waals surface area contributed by atoms with Crippen LogP contribution in [0.4, 0.5) is 21.5 Å². The summed E-state index contributed by atoms with van der Waals surface area (Å²) in [5, 5.41) is 78.8. The van der Waals surface area contributed by atoms with Gasteiger partial charge in [-0.3, -0.25) is 32.5 Å². The number of hydrogen-bond acceptors (Lipinski definition) is 24. The Morgan fingerprint density at radius 2 is 1.02 bits per heavy atom. The number of nitrogens with zero attached hydrogens (tertiary/aromatic N) is 8. The van der Waals surface area contributed by atoms with E-state index in [1.807, 2.05) is 13.0 Å². The van der Waals surface area contributed by atoms with Gasteiger partial charge >= 0.3 is 0 Å². The van der Waals surface area contributed by atoms with Crippen LogP contribution in [0.15, 0.2) is 86.0 Å². The van der Waals surface area contributed by atoms with E-state index in [0.717, 1.165) is 6.42 Å². The first-order valence-corrected chi connectivity index (χ1v) is 26.6. The Bertz CT molecular complexity index is 3320. The first-order chi connectivity index (χ1) is 39.9. The van der Waals surface area contributed by atoms with Crippen molar-refractivity contribution in [1.82, 2.24) is 54.6 Å². The molecule has 0 bridgehead atoms. The van der Waals surface area contributed by atoms with Gasteiger partial charge in [0.1, 0.15) is 83.2 Å². The zero-order chi connectivity index (χ0) is 59.8. The molecule has 3 aliphatic rings. The van der Waals surface area contributed by atoms with Crippen molar-refractivity contribution in [3.8, 4) is 5.75 Å². The number of ether oxygens (including phenoxy) is 3. The molecular weight excluding hydrogens is 1090 g/mol. The summed E-state index contributed by atoms with van der Waals surface area (Å²) in [6, 6.07) is 8.42. The minimum Gasteiger partial charge on any atom is -0.506 e. The molecule has 83 heavy (non-hydrogen) atoms. The van der Waals surface area contributed by atoms with Gasteiger partial charge in [-0.1, -0.05) is 43.7 Å². The van der Waals surface area contributed by atoms with Gasteiger partial charge in [-0.15, -0.1) is 0 Å².